The molecule has 1 unspecified atom stereocenters. The van der Waals surface area contributed by atoms with Gasteiger partial charge in [0.25, 0.3) is 0 Å². The number of anilines is 1. The van der Waals surface area contributed by atoms with Crippen molar-refractivity contribution in [1.29, 1.82) is 0 Å². The maximum atomic E-state index is 9.80. The maximum absolute atomic E-state index is 9.80. The van der Waals surface area contributed by atoms with Gasteiger partial charge in [0.15, 0.2) is 5.82 Å². The molecule has 0 saturated heterocycles. The largest absolute Gasteiger partial charge is 0.389 e. The lowest BCUT2D eigenvalue weighted by Gasteiger charge is -2.05. The lowest BCUT2D eigenvalue weighted by Crippen LogP contribution is -1.95. The maximum Gasteiger partial charge on any atom is 0.155 e. The first-order valence-corrected chi connectivity index (χ1v) is 8.48. The first-order valence-electron chi connectivity index (χ1n) is 7.66. The minimum atomic E-state index is -0.503. The van der Waals surface area contributed by atoms with Crippen LogP contribution in [0.3, 0.4) is 0 Å². The quantitative estimate of drug-likeness (QED) is 0.599. The molecule has 0 amide bonds. The zero-order valence-electron chi connectivity index (χ0n) is 13.6. The molecule has 7 heteroatoms. The van der Waals surface area contributed by atoms with Crippen molar-refractivity contribution in [2.45, 2.75) is 13.0 Å². The van der Waals surface area contributed by atoms with Crippen LogP contribution in [-0.4, -0.2) is 31.7 Å². The third-order valence-electron chi connectivity index (χ3n) is 4.06. The Labute approximate surface area is 142 Å². The third-order valence-corrected chi connectivity index (χ3v) is 5.06. The van der Waals surface area contributed by atoms with Gasteiger partial charge in [-0.25, -0.2) is 15.0 Å². The van der Waals surface area contributed by atoms with Crippen LogP contribution in [0.15, 0.2) is 30.6 Å². The van der Waals surface area contributed by atoms with E-state index >= 15 is 0 Å². The summed E-state index contributed by atoms with van der Waals surface area (Å²) in [4.78, 5) is 14.8. The monoisotopic (exact) mass is 339 g/mol. The first kappa shape index (κ1) is 15.0. The molecule has 6 nitrogen and oxygen atoms in total. The Balaban J connectivity index is 1.97. The average molecular weight is 339 g/mol. The van der Waals surface area contributed by atoms with Gasteiger partial charge in [-0.2, -0.15) is 0 Å². The van der Waals surface area contributed by atoms with Crippen LogP contribution in [-0.2, 0) is 7.05 Å². The number of benzene rings is 1. The number of nitrogens with zero attached hydrogens (tertiary/aromatic N) is 4. The summed E-state index contributed by atoms with van der Waals surface area (Å²) < 4.78 is 1.97. The number of hydrogen-bond acceptors (Lipinski definition) is 6. The molecule has 4 aromatic rings. The van der Waals surface area contributed by atoms with E-state index in [4.69, 9.17) is 4.98 Å². The van der Waals surface area contributed by atoms with Crippen molar-refractivity contribution in [3.05, 3.63) is 36.2 Å². The number of nitrogens with one attached hydrogen (secondary N) is 1. The van der Waals surface area contributed by atoms with Gasteiger partial charge in [-0.1, -0.05) is 29.5 Å². The highest BCUT2D eigenvalue weighted by Gasteiger charge is 2.17. The second-order valence-electron chi connectivity index (χ2n) is 5.74. The summed E-state index contributed by atoms with van der Waals surface area (Å²) in [5.41, 5.74) is 4.51. The van der Waals surface area contributed by atoms with E-state index in [1.807, 2.05) is 42.9 Å². The van der Waals surface area contributed by atoms with Gasteiger partial charge in [0.1, 0.15) is 26.4 Å². The van der Waals surface area contributed by atoms with Gasteiger partial charge in [-0.05, 0) is 18.6 Å². The number of hydrogen-bond donors (Lipinski definition) is 2. The second kappa shape index (κ2) is 5.54. The molecule has 122 valence electrons. The molecular formula is C17H17N5OS. The molecule has 1 aromatic carbocycles. The molecule has 2 N–H and O–H groups in total. The summed E-state index contributed by atoms with van der Waals surface area (Å²) in [6.07, 6.45) is 1.27. The number of aromatic nitrogens is 4. The molecule has 0 radical (unpaired) electrons. The van der Waals surface area contributed by atoms with Crippen LogP contribution >= 0.6 is 11.3 Å². The van der Waals surface area contributed by atoms with Crippen LogP contribution in [0.25, 0.3) is 32.0 Å². The van der Waals surface area contributed by atoms with Gasteiger partial charge in [0.2, 0.25) is 0 Å². The molecular weight excluding hydrogens is 322 g/mol. The summed E-state index contributed by atoms with van der Waals surface area (Å²) in [7, 11) is 3.80. The van der Waals surface area contributed by atoms with Crippen LogP contribution in [0.1, 0.15) is 18.6 Å². The van der Waals surface area contributed by atoms with Gasteiger partial charge in [0, 0.05) is 19.7 Å². The zero-order chi connectivity index (χ0) is 16.8. The summed E-state index contributed by atoms with van der Waals surface area (Å²) in [6.45, 7) is 1.76. The highest BCUT2D eigenvalue weighted by atomic mass is 32.1. The van der Waals surface area contributed by atoms with Gasteiger partial charge < -0.3 is 15.0 Å². The van der Waals surface area contributed by atoms with Crippen molar-refractivity contribution >= 4 is 38.5 Å². The third kappa shape index (κ3) is 2.24. The molecule has 0 saturated carbocycles. The number of rotatable bonds is 3. The molecule has 24 heavy (non-hydrogen) atoms. The zero-order valence-corrected chi connectivity index (χ0v) is 14.4. The van der Waals surface area contributed by atoms with E-state index < -0.39 is 6.10 Å². The summed E-state index contributed by atoms with van der Waals surface area (Å²) >= 11 is 1.54. The minimum Gasteiger partial charge on any atom is -0.389 e. The minimum absolute atomic E-state index is 0.503. The van der Waals surface area contributed by atoms with Crippen LogP contribution in [0.4, 0.5) is 5.82 Å². The molecule has 0 bridgehead atoms. The normalized spacial score (nSPS) is 12.8. The molecule has 3 heterocycles. The number of thiazole rings is 1. The lowest BCUT2D eigenvalue weighted by molar-refractivity contribution is 0.199. The van der Waals surface area contributed by atoms with Crippen molar-refractivity contribution in [1.82, 2.24) is 19.5 Å². The number of aliphatic hydroxyl groups is 1. The highest BCUT2D eigenvalue weighted by molar-refractivity contribution is 7.21. The van der Waals surface area contributed by atoms with E-state index in [1.165, 1.54) is 0 Å². The standard InChI is InChI=1S/C17H17N5OS/c1-9(23)10-5-4-6-11(7-10)16-20-13-14-12(19-8-22(14)3)15(18-2)21-17(13)24-16/h4-9,23H,1-3H3,(H,18,21). The average Bonchev–Trinajstić information content (AvgIpc) is 3.17. The molecule has 0 aliphatic heterocycles. The van der Waals surface area contributed by atoms with Gasteiger partial charge in [-0.15, -0.1) is 0 Å². The summed E-state index contributed by atoms with van der Waals surface area (Å²) in [5, 5.41) is 13.8. The van der Waals surface area contributed by atoms with E-state index in [1.54, 1.807) is 24.6 Å². The molecule has 0 fully saturated rings. The Morgan fingerprint density at radius 3 is 2.83 bits per heavy atom. The van der Waals surface area contributed by atoms with Crippen molar-refractivity contribution in [3.8, 4) is 10.6 Å². The van der Waals surface area contributed by atoms with E-state index in [0.29, 0.717) is 0 Å². The van der Waals surface area contributed by atoms with Gasteiger partial charge in [-0.3, -0.25) is 0 Å². The first-order chi connectivity index (χ1) is 11.6. The fraction of sp³-hybridized carbons (Fsp3) is 0.235. The Morgan fingerprint density at radius 2 is 2.08 bits per heavy atom. The Morgan fingerprint density at radius 1 is 1.25 bits per heavy atom. The van der Waals surface area contributed by atoms with Crippen molar-refractivity contribution in [2.24, 2.45) is 7.05 Å². The van der Waals surface area contributed by atoms with Crippen LogP contribution in [0, 0.1) is 0 Å². The fourth-order valence-corrected chi connectivity index (χ4v) is 3.75. The summed E-state index contributed by atoms with van der Waals surface area (Å²) in [6, 6.07) is 7.83. The lowest BCUT2D eigenvalue weighted by atomic mass is 10.1. The van der Waals surface area contributed by atoms with E-state index in [9.17, 15) is 5.11 Å². The fourth-order valence-electron chi connectivity index (χ4n) is 2.81. The number of aryl methyl sites for hydroxylation is 1. The van der Waals surface area contributed by atoms with Crippen molar-refractivity contribution < 1.29 is 5.11 Å². The van der Waals surface area contributed by atoms with E-state index in [0.717, 1.165) is 43.3 Å². The predicted octanol–water partition coefficient (Wildman–Crippen LogP) is 3.34. The Kier molecular flexibility index (Phi) is 3.47. The molecule has 1 atom stereocenters. The second-order valence-corrected chi connectivity index (χ2v) is 6.71. The molecule has 4 rings (SSSR count). The van der Waals surface area contributed by atoms with Crippen molar-refractivity contribution in [2.75, 3.05) is 12.4 Å². The number of pyridine rings is 1. The van der Waals surface area contributed by atoms with E-state index in [-0.39, 0.29) is 0 Å². The molecule has 0 aliphatic carbocycles. The van der Waals surface area contributed by atoms with Gasteiger partial charge in [0.05, 0.1) is 12.4 Å². The topological polar surface area (TPSA) is 75.9 Å². The van der Waals surface area contributed by atoms with E-state index in [2.05, 4.69) is 15.3 Å². The van der Waals surface area contributed by atoms with Crippen LogP contribution in [0.2, 0.25) is 0 Å². The predicted molar refractivity (Wildman–Crippen MR) is 97.3 cm³/mol. The van der Waals surface area contributed by atoms with Crippen LogP contribution in [0.5, 0.6) is 0 Å². The number of aliphatic hydroxyl groups excluding tert-OH is 1. The molecule has 0 aliphatic rings. The highest BCUT2D eigenvalue weighted by Crippen LogP contribution is 2.35. The van der Waals surface area contributed by atoms with Gasteiger partial charge >= 0.3 is 0 Å². The SMILES string of the molecule is CNc1nc2sc(-c3cccc(C(C)O)c3)nc2c2c1ncn2C. The summed E-state index contributed by atoms with van der Waals surface area (Å²) in [5.74, 6) is 0.756. The van der Waals surface area contributed by atoms with Crippen molar-refractivity contribution in [3.63, 3.8) is 0 Å². The van der Waals surface area contributed by atoms with Crippen LogP contribution < -0.4 is 5.32 Å². The molecule has 3 aromatic heterocycles. The smallest absolute Gasteiger partial charge is 0.155 e. The number of imidazole rings is 1. The molecule has 0 spiro atoms. The Bertz CT molecular complexity index is 1050. The number of fused-ring (bicyclic) bond motifs is 3. The Hall–Kier alpha value is -2.51.